The molecule has 0 spiro atoms. The molecule has 1 N–H and O–H groups in total. The molecule has 8 heteroatoms. The second-order valence-electron chi connectivity index (χ2n) is 6.15. The molecule has 1 aliphatic heterocycles. The van der Waals surface area contributed by atoms with Crippen molar-refractivity contribution in [1.29, 1.82) is 0 Å². The lowest BCUT2D eigenvalue weighted by molar-refractivity contribution is -0.130. The van der Waals surface area contributed by atoms with Crippen molar-refractivity contribution in [3.63, 3.8) is 0 Å². The number of aliphatic imine (C=N–C) groups is 1. The van der Waals surface area contributed by atoms with Gasteiger partial charge >= 0.3 is 0 Å². The Balaban J connectivity index is 0.00000364. The van der Waals surface area contributed by atoms with Gasteiger partial charge in [-0.25, -0.2) is 4.99 Å². The smallest absolute Gasteiger partial charge is 0.219 e. The van der Waals surface area contributed by atoms with E-state index >= 15 is 0 Å². The van der Waals surface area contributed by atoms with Crippen LogP contribution in [0.1, 0.15) is 19.4 Å². The standard InChI is InChI=1S/C19H30N4O3.HI/c1-4-20-19(23-10-8-22(9-11-23)16(2)24)21-15-17-6-5-7-18(14-17)26-13-12-25-3;/h5-7,14H,4,8-13,15H2,1-3H3,(H,20,21);1H. The Kier molecular flexibility index (Phi) is 11.1. The molecule has 0 atom stereocenters. The molecule has 0 bridgehead atoms. The zero-order valence-electron chi connectivity index (χ0n) is 16.4. The van der Waals surface area contributed by atoms with E-state index in [2.05, 4.69) is 17.1 Å². The Labute approximate surface area is 179 Å². The van der Waals surface area contributed by atoms with Crippen molar-refractivity contribution in [2.75, 3.05) is 53.0 Å². The maximum absolute atomic E-state index is 11.5. The van der Waals surface area contributed by atoms with Crippen molar-refractivity contribution >= 4 is 35.8 Å². The number of nitrogens with one attached hydrogen (secondary N) is 1. The summed E-state index contributed by atoms with van der Waals surface area (Å²) in [6, 6.07) is 7.97. The molecule has 0 radical (unpaired) electrons. The molecule has 1 amide bonds. The first-order valence-corrected chi connectivity index (χ1v) is 9.13. The van der Waals surface area contributed by atoms with Gasteiger partial charge in [0, 0.05) is 46.8 Å². The quantitative estimate of drug-likeness (QED) is 0.274. The number of amides is 1. The maximum Gasteiger partial charge on any atom is 0.219 e. The van der Waals surface area contributed by atoms with Gasteiger partial charge < -0.3 is 24.6 Å². The molecule has 152 valence electrons. The van der Waals surface area contributed by atoms with Crippen LogP contribution >= 0.6 is 24.0 Å². The van der Waals surface area contributed by atoms with E-state index in [1.165, 1.54) is 0 Å². The van der Waals surface area contributed by atoms with E-state index in [0.717, 1.165) is 50.0 Å². The van der Waals surface area contributed by atoms with Crippen LogP contribution in [0, 0.1) is 0 Å². The monoisotopic (exact) mass is 490 g/mol. The molecule has 7 nitrogen and oxygen atoms in total. The fourth-order valence-corrected chi connectivity index (χ4v) is 2.80. The lowest BCUT2D eigenvalue weighted by atomic mass is 10.2. The summed E-state index contributed by atoms with van der Waals surface area (Å²) in [4.78, 5) is 20.3. The van der Waals surface area contributed by atoms with Gasteiger partial charge in [-0.2, -0.15) is 0 Å². The number of guanidine groups is 1. The van der Waals surface area contributed by atoms with Crippen molar-refractivity contribution in [1.82, 2.24) is 15.1 Å². The van der Waals surface area contributed by atoms with Crippen LogP contribution in [-0.2, 0) is 16.1 Å². The number of nitrogens with zero attached hydrogens (tertiary/aromatic N) is 3. The summed E-state index contributed by atoms with van der Waals surface area (Å²) in [7, 11) is 1.66. The number of benzene rings is 1. The second kappa shape index (κ2) is 12.8. The van der Waals surface area contributed by atoms with Gasteiger partial charge in [0.2, 0.25) is 5.91 Å². The lowest BCUT2D eigenvalue weighted by Crippen LogP contribution is -2.53. The number of hydrogen-bond donors (Lipinski definition) is 1. The van der Waals surface area contributed by atoms with Gasteiger partial charge in [0.15, 0.2) is 5.96 Å². The van der Waals surface area contributed by atoms with Crippen molar-refractivity contribution < 1.29 is 14.3 Å². The molecule has 0 aliphatic carbocycles. The van der Waals surface area contributed by atoms with Crippen molar-refractivity contribution in [2.24, 2.45) is 4.99 Å². The molecule has 27 heavy (non-hydrogen) atoms. The number of hydrogen-bond acceptors (Lipinski definition) is 4. The SMILES string of the molecule is CCNC(=NCc1cccc(OCCOC)c1)N1CCN(C(C)=O)CC1.I. The van der Waals surface area contributed by atoms with E-state index < -0.39 is 0 Å². The highest BCUT2D eigenvalue weighted by molar-refractivity contribution is 14.0. The molecule has 2 rings (SSSR count). The average molecular weight is 490 g/mol. The molecular weight excluding hydrogens is 459 g/mol. The van der Waals surface area contributed by atoms with E-state index in [1.54, 1.807) is 14.0 Å². The van der Waals surface area contributed by atoms with Gasteiger partial charge in [0.05, 0.1) is 13.2 Å². The van der Waals surface area contributed by atoms with Crippen LogP contribution in [0.4, 0.5) is 0 Å². The Morgan fingerprint density at radius 1 is 1.19 bits per heavy atom. The summed E-state index contributed by atoms with van der Waals surface area (Å²) >= 11 is 0. The van der Waals surface area contributed by atoms with Crippen LogP contribution in [-0.4, -0.2) is 74.7 Å². The molecule has 1 aliphatic rings. The Morgan fingerprint density at radius 3 is 2.52 bits per heavy atom. The normalized spacial score (nSPS) is 14.6. The number of methoxy groups -OCH3 is 1. The second-order valence-corrected chi connectivity index (χ2v) is 6.15. The van der Waals surface area contributed by atoms with E-state index in [4.69, 9.17) is 14.5 Å². The molecule has 1 fully saturated rings. The van der Waals surface area contributed by atoms with Crippen LogP contribution in [0.3, 0.4) is 0 Å². The van der Waals surface area contributed by atoms with Crippen molar-refractivity contribution in [3.05, 3.63) is 29.8 Å². The zero-order valence-corrected chi connectivity index (χ0v) is 18.8. The first-order valence-electron chi connectivity index (χ1n) is 9.13. The topological polar surface area (TPSA) is 66.4 Å². The number of halogens is 1. The molecule has 0 unspecified atom stereocenters. The van der Waals surface area contributed by atoms with Gasteiger partial charge in [-0.05, 0) is 24.6 Å². The highest BCUT2D eigenvalue weighted by Crippen LogP contribution is 2.14. The van der Waals surface area contributed by atoms with Crippen LogP contribution in [0.5, 0.6) is 5.75 Å². The summed E-state index contributed by atoms with van der Waals surface area (Å²) in [5.74, 6) is 1.85. The zero-order chi connectivity index (χ0) is 18.8. The van der Waals surface area contributed by atoms with Crippen LogP contribution in [0.2, 0.25) is 0 Å². The highest BCUT2D eigenvalue weighted by atomic mass is 127. The Hall–Kier alpha value is -1.55. The number of piperazine rings is 1. The maximum atomic E-state index is 11.5. The Bertz CT molecular complexity index is 604. The fourth-order valence-electron chi connectivity index (χ4n) is 2.80. The average Bonchev–Trinajstić information content (AvgIpc) is 2.66. The Morgan fingerprint density at radius 2 is 1.89 bits per heavy atom. The molecular formula is C19H31IN4O3. The van der Waals surface area contributed by atoms with Crippen LogP contribution < -0.4 is 10.1 Å². The summed E-state index contributed by atoms with van der Waals surface area (Å²) < 4.78 is 10.7. The van der Waals surface area contributed by atoms with Crippen LogP contribution in [0.25, 0.3) is 0 Å². The van der Waals surface area contributed by atoms with Crippen LogP contribution in [0.15, 0.2) is 29.3 Å². The number of carbonyl (C=O) groups excluding carboxylic acids is 1. The largest absolute Gasteiger partial charge is 0.491 e. The molecule has 1 heterocycles. The lowest BCUT2D eigenvalue weighted by Gasteiger charge is -2.36. The minimum Gasteiger partial charge on any atom is -0.491 e. The van der Waals surface area contributed by atoms with Crippen molar-refractivity contribution in [3.8, 4) is 5.75 Å². The first-order chi connectivity index (χ1) is 12.6. The summed E-state index contributed by atoms with van der Waals surface area (Å²) in [6.07, 6.45) is 0. The van der Waals surface area contributed by atoms with E-state index in [9.17, 15) is 4.79 Å². The third-order valence-corrected chi connectivity index (χ3v) is 4.23. The fraction of sp³-hybridized carbons (Fsp3) is 0.579. The first kappa shape index (κ1) is 23.5. The molecule has 0 saturated carbocycles. The van der Waals surface area contributed by atoms with E-state index in [0.29, 0.717) is 19.8 Å². The van der Waals surface area contributed by atoms with Gasteiger partial charge in [0.25, 0.3) is 0 Å². The highest BCUT2D eigenvalue weighted by Gasteiger charge is 2.20. The molecule has 1 saturated heterocycles. The minimum atomic E-state index is 0. The van der Waals surface area contributed by atoms with Gasteiger partial charge in [-0.15, -0.1) is 24.0 Å². The predicted octanol–water partition coefficient (Wildman–Crippen LogP) is 1.96. The van der Waals surface area contributed by atoms with Gasteiger partial charge in [0.1, 0.15) is 12.4 Å². The van der Waals surface area contributed by atoms with Gasteiger partial charge in [-0.1, -0.05) is 12.1 Å². The third kappa shape index (κ3) is 7.92. The summed E-state index contributed by atoms with van der Waals surface area (Å²) in [6.45, 7) is 9.25. The van der Waals surface area contributed by atoms with Crippen molar-refractivity contribution in [2.45, 2.75) is 20.4 Å². The van der Waals surface area contributed by atoms with Gasteiger partial charge in [-0.3, -0.25) is 4.79 Å². The molecule has 0 aromatic heterocycles. The molecule has 1 aromatic rings. The third-order valence-electron chi connectivity index (χ3n) is 4.23. The summed E-state index contributed by atoms with van der Waals surface area (Å²) in [5.41, 5.74) is 1.10. The molecule has 1 aromatic carbocycles. The number of rotatable bonds is 7. The van der Waals surface area contributed by atoms with E-state index in [-0.39, 0.29) is 29.9 Å². The summed E-state index contributed by atoms with van der Waals surface area (Å²) in [5, 5.41) is 3.35. The number of carbonyl (C=O) groups is 1. The predicted molar refractivity (Wildman–Crippen MR) is 118 cm³/mol. The number of ether oxygens (including phenoxy) is 2. The minimum absolute atomic E-state index is 0. The van der Waals surface area contributed by atoms with E-state index in [1.807, 2.05) is 29.2 Å².